The number of nitrogens with one attached hydrogen (secondary N) is 2. The molecule has 1 atom stereocenters. The molecular weight excluding hydrogens is 234 g/mol. The average molecular weight is 255 g/mol. The number of hydrogen-bond donors (Lipinski definition) is 3. The van der Waals surface area contributed by atoms with Crippen molar-refractivity contribution in [3.05, 3.63) is 12.3 Å². The largest absolute Gasteiger partial charge is 0.463 e. The Labute approximate surface area is 107 Å². The highest BCUT2D eigenvalue weighted by Crippen LogP contribution is 2.07. The van der Waals surface area contributed by atoms with Crippen molar-refractivity contribution >= 4 is 12.0 Å². The van der Waals surface area contributed by atoms with Gasteiger partial charge in [0.1, 0.15) is 0 Å². The van der Waals surface area contributed by atoms with Gasteiger partial charge < -0.3 is 15.4 Å². The average Bonchev–Trinajstić information content (AvgIpc) is 2.33. The monoisotopic (exact) mass is 255 g/mol. The molecule has 0 saturated carbocycles. The van der Waals surface area contributed by atoms with E-state index >= 15 is 0 Å². The first-order valence-corrected chi connectivity index (χ1v) is 6.31. The molecule has 6 heteroatoms. The number of amides is 2. The Balaban J connectivity index is 2.26. The zero-order valence-electron chi connectivity index (χ0n) is 10.7. The Bertz CT molecular complexity index is 331. The maximum Gasteiger partial charge on any atom is 0.351 e. The van der Waals surface area contributed by atoms with Crippen LogP contribution in [-0.2, 0) is 9.53 Å². The molecule has 0 aromatic rings. The SMILES string of the molecule is CCCCCCCOC(=O)C1(N)C=CNC(=O)N1. The number of unbranched alkanes of at least 4 members (excludes halogenated alkanes) is 4. The van der Waals surface area contributed by atoms with Gasteiger partial charge in [0.05, 0.1) is 6.61 Å². The number of carbonyl (C=O) groups is 2. The summed E-state index contributed by atoms with van der Waals surface area (Å²) in [4.78, 5) is 22.8. The van der Waals surface area contributed by atoms with Crippen LogP contribution < -0.4 is 16.4 Å². The summed E-state index contributed by atoms with van der Waals surface area (Å²) in [5, 5.41) is 4.68. The van der Waals surface area contributed by atoms with E-state index in [1.165, 1.54) is 25.1 Å². The topological polar surface area (TPSA) is 93.4 Å². The van der Waals surface area contributed by atoms with Crippen LogP contribution in [0.3, 0.4) is 0 Å². The van der Waals surface area contributed by atoms with Crippen LogP contribution in [0.1, 0.15) is 39.0 Å². The van der Waals surface area contributed by atoms with Crippen LogP contribution in [0.2, 0.25) is 0 Å². The van der Waals surface area contributed by atoms with Crippen LogP contribution in [-0.4, -0.2) is 24.3 Å². The minimum atomic E-state index is -1.55. The van der Waals surface area contributed by atoms with Crippen molar-refractivity contribution in [1.29, 1.82) is 0 Å². The van der Waals surface area contributed by atoms with E-state index in [4.69, 9.17) is 10.5 Å². The molecule has 4 N–H and O–H groups in total. The molecule has 0 aromatic carbocycles. The van der Waals surface area contributed by atoms with Crippen molar-refractivity contribution < 1.29 is 14.3 Å². The van der Waals surface area contributed by atoms with Crippen molar-refractivity contribution in [1.82, 2.24) is 10.6 Å². The number of hydrogen-bond acceptors (Lipinski definition) is 4. The molecule has 0 bridgehead atoms. The van der Waals surface area contributed by atoms with E-state index in [2.05, 4.69) is 17.6 Å². The molecule has 0 aliphatic carbocycles. The Morgan fingerprint density at radius 2 is 2.11 bits per heavy atom. The highest BCUT2D eigenvalue weighted by Gasteiger charge is 2.36. The third kappa shape index (κ3) is 4.37. The Hall–Kier alpha value is -1.56. The van der Waals surface area contributed by atoms with Crippen molar-refractivity contribution in [3.8, 4) is 0 Å². The Morgan fingerprint density at radius 3 is 2.78 bits per heavy atom. The van der Waals surface area contributed by atoms with Gasteiger partial charge in [-0.2, -0.15) is 0 Å². The number of carbonyl (C=O) groups excluding carboxylic acids is 2. The summed E-state index contributed by atoms with van der Waals surface area (Å²) >= 11 is 0. The lowest BCUT2D eigenvalue weighted by atomic mass is 10.1. The molecule has 1 rings (SSSR count). The minimum absolute atomic E-state index is 0.332. The van der Waals surface area contributed by atoms with Gasteiger partial charge in [0, 0.05) is 6.20 Å². The smallest absolute Gasteiger partial charge is 0.351 e. The number of rotatable bonds is 7. The Morgan fingerprint density at radius 1 is 1.39 bits per heavy atom. The standard InChI is InChI=1S/C12H21N3O3/c1-2-3-4-5-6-9-18-10(16)12(13)7-8-14-11(17)15-12/h7-8H,2-6,9,13H2,1H3,(H2,14,15,17). The van der Waals surface area contributed by atoms with Crippen LogP contribution in [0.4, 0.5) is 4.79 Å². The summed E-state index contributed by atoms with van der Waals surface area (Å²) in [6, 6.07) is -0.514. The molecule has 0 spiro atoms. The van der Waals surface area contributed by atoms with Crippen LogP contribution in [0.5, 0.6) is 0 Å². The van der Waals surface area contributed by atoms with Crippen molar-refractivity contribution in [3.63, 3.8) is 0 Å². The second kappa shape index (κ2) is 7.00. The van der Waals surface area contributed by atoms with Gasteiger partial charge in [0.2, 0.25) is 5.66 Å². The predicted octanol–water partition coefficient (Wildman–Crippen LogP) is 0.982. The van der Waals surface area contributed by atoms with Gasteiger partial charge in [-0.05, 0) is 12.5 Å². The summed E-state index contributed by atoms with van der Waals surface area (Å²) in [7, 11) is 0. The second-order valence-electron chi connectivity index (χ2n) is 4.35. The second-order valence-corrected chi connectivity index (χ2v) is 4.35. The van der Waals surface area contributed by atoms with Crippen molar-refractivity contribution in [2.24, 2.45) is 5.73 Å². The maximum absolute atomic E-state index is 11.7. The van der Waals surface area contributed by atoms with E-state index < -0.39 is 17.7 Å². The molecule has 0 fully saturated rings. The normalized spacial score (nSPS) is 22.2. The lowest BCUT2D eigenvalue weighted by Crippen LogP contribution is -2.64. The quantitative estimate of drug-likeness (QED) is 0.467. The molecule has 6 nitrogen and oxygen atoms in total. The first kappa shape index (κ1) is 14.5. The van der Waals surface area contributed by atoms with Gasteiger partial charge in [-0.25, -0.2) is 9.59 Å². The maximum atomic E-state index is 11.7. The highest BCUT2D eigenvalue weighted by molar-refractivity contribution is 5.90. The van der Waals surface area contributed by atoms with E-state index in [0.717, 1.165) is 19.3 Å². The van der Waals surface area contributed by atoms with Crippen molar-refractivity contribution in [2.45, 2.75) is 44.7 Å². The molecule has 102 valence electrons. The molecule has 1 heterocycles. The zero-order chi connectivity index (χ0) is 13.4. The van der Waals surface area contributed by atoms with Gasteiger partial charge in [0.15, 0.2) is 0 Å². The highest BCUT2D eigenvalue weighted by atomic mass is 16.5. The molecule has 0 saturated heterocycles. The number of esters is 1. The molecule has 2 amide bonds. The number of urea groups is 1. The Kier molecular flexibility index (Phi) is 5.64. The predicted molar refractivity (Wildman–Crippen MR) is 67.4 cm³/mol. The molecule has 18 heavy (non-hydrogen) atoms. The summed E-state index contributed by atoms with van der Waals surface area (Å²) in [5.74, 6) is -0.635. The fraction of sp³-hybridized carbons (Fsp3) is 0.667. The van der Waals surface area contributed by atoms with Crippen LogP contribution in [0, 0.1) is 0 Å². The summed E-state index contributed by atoms with van der Waals surface area (Å²) in [6.45, 7) is 2.48. The number of nitrogens with two attached hydrogens (primary N) is 1. The molecule has 1 unspecified atom stereocenters. The zero-order valence-corrected chi connectivity index (χ0v) is 10.7. The summed E-state index contributed by atoms with van der Waals surface area (Å²) in [5.41, 5.74) is 4.17. The fourth-order valence-electron chi connectivity index (χ4n) is 1.62. The fourth-order valence-corrected chi connectivity index (χ4v) is 1.62. The summed E-state index contributed by atoms with van der Waals surface area (Å²) in [6.07, 6.45) is 8.06. The van der Waals surface area contributed by atoms with Gasteiger partial charge >= 0.3 is 12.0 Å². The van der Waals surface area contributed by atoms with E-state index in [0.29, 0.717) is 6.61 Å². The molecule has 1 aliphatic heterocycles. The van der Waals surface area contributed by atoms with Gasteiger partial charge in [-0.1, -0.05) is 32.6 Å². The third-order valence-corrected chi connectivity index (χ3v) is 2.70. The van der Waals surface area contributed by atoms with Crippen molar-refractivity contribution in [2.75, 3.05) is 6.61 Å². The molecular formula is C12H21N3O3. The van der Waals surface area contributed by atoms with Gasteiger partial charge in [0.25, 0.3) is 0 Å². The van der Waals surface area contributed by atoms with Crippen LogP contribution in [0.15, 0.2) is 12.3 Å². The first-order valence-electron chi connectivity index (χ1n) is 6.31. The minimum Gasteiger partial charge on any atom is -0.463 e. The lowest BCUT2D eigenvalue weighted by Gasteiger charge is -2.27. The van der Waals surface area contributed by atoms with Crippen LogP contribution in [0.25, 0.3) is 0 Å². The van der Waals surface area contributed by atoms with E-state index in [1.807, 2.05) is 0 Å². The molecule has 0 radical (unpaired) electrons. The number of ether oxygens (including phenoxy) is 1. The van der Waals surface area contributed by atoms with E-state index in [9.17, 15) is 9.59 Å². The van der Waals surface area contributed by atoms with Gasteiger partial charge in [-0.3, -0.25) is 5.73 Å². The third-order valence-electron chi connectivity index (χ3n) is 2.70. The van der Waals surface area contributed by atoms with Gasteiger partial charge in [-0.15, -0.1) is 0 Å². The first-order chi connectivity index (χ1) is 8.58. The van der Waals surface area contributed by atoms with E-state index in [1.54, 1.807) is 0 Å². The van der Waals surface area contributed by atoms with Crippen LogP contribution >= 0.6 is 0 Å². The lowest BCUT2D eigenvalue weighted by molar-refractivity contribution is -0.149. The molecule has 1 aliphatic rings. The molecule has 0 aromatic heterocycles. The van der Waals surface area contributed by atoms with E-state index in [-0.39, 0.29) is 0 Å². The summed E-state index contributed by atoms with van der Waals surface area (Å²) < 4.78 is 5.06.